The van der Waals surface area contributed by atoms with Crippen LogP contribution in [0, 0.1) is 11.6 Å². The number of aryl methyl sites for hydroxylation is 1. The van der Waals surface area contributed by atoms with Crippen LogP contribution in [-0.2, 0) is 13.0 Å². The van der Waals surface area contributed by atoms with Crippen LogP contribution < -0.4 is 15.1 Å². The third-order valence-corrected chi connectivity index (χ3v) is 6.20. The van der Waals surface area contributed by atoms with Gasteiger partial charge in [0.15, 0.2) is 5.82 Å². The maximum Gasteiger partial charge on any atom is 0.225 e. The molecule has 1 N–H and O–H groups in total. The van der Waals surface area contributed by atoms with Crippen molar-refractivity contribution in [2.75, 3.05) is 42.5 Å². The fourth-order valence-corrected chi connectivity index (χ4v) is 4.27. The molecule has 1 saturated heterocycles. The van der Waals surface area contributed by atoms with Crippen LogP contribution in [0.4, 0.5) is 20.5 Å². The van der Waals surface area contributed by atoms with Crippen molar-refractivity contribution in [3.05, 3.63) is 58.6 Å². The number of piperazine rings is 1. The number of nitrogens with one attached hydrogen (secondary N) is 1. The van der Waals surface area contributed by atoms with Gasteiger partial charge in [0.05, 0.1) is 22.6 Å². The monoisotopic (exact) mass is 457 g/mol. The Balaban J connectivity index is 1.42. The molecule has 1 aromatic carbocycles. The Kier molecular flexibility index (Phi) is 5.84. The summed E-state index contributed by atoms with van der Waals surface area (Å²) in [5.41, 5.74) is 2.33. The highest BCUT2D eigenvalue weighted by Gasteiger charge is 2.24. The maximum absolute atomic E-state index is 14.4. The summed E-state index contributed by atoms with van der Waals surface area (Å²) in [5.74, 6) is 0.171. The standard InChI is InChI=1S/C22H22ClF2N7/c23-20-15(16(24)3-4-17(20)25)13-32-7-1-2-18-21(32)30-19(12-27-18)14-10-28-22(29-11-14)31-8-5-26-6-9-31/h3-4,10-12,26H,1-2,5-9,13H2. The number of hydrogen-bond acceptors (Lipinski definition) is 7. The minimum atomic E-state index is -0.637. The van der Waals surface area contributed by atoms with E-state index in [9.17, 15) is 8.78 Å². The lowest BCUT2D eigenvalue weighted by molar-refractivity contribution is 0.574. The number of anilines is 2. The average molecular weight is 458 g/mol. The van der Waals surface area contributed by atoms with E-state index in [2.05, 4.69) is 25.2 Å². The Morgan fingerprint density at radius 3 is 2.50 bits per heavy atom. The van der Waals surface area contributed by atoms with Crippen LogP contribution in [0.1, 0.15) is 17.7 Å². The van der Waals surface area contributed by atoms with Gasteiger partial charge in [0, 0.05) is 62.8 Å². The summed E-state index contributed by atoms with van der Waals surface area (Å²) in [4.78, 5) is 22.4. The summed E-state index contributed by atoms with van der Waals surface area (Å²) in [5, 5.41) is 3.11. The lowest BCUT2D eigenvalue weighted by atomic mass is 10.1. The minimum absolute atomic E-state index is 0.117. The van der Waals surface area contributed by atoms with Crippen molar-refractivity contribution in [2.24, 2.45) is 0 Å². The van der Waals surface area contributed by atoms with Crippen molar-refractivity contribution < 1.29 is 8.78 Å². The summed E-state index contributed by atoms with van der Waals surface area (Å²) in [6, 6.07) is 2.13. The molecule has 10 heteroatoms. The molecule has 0 atom stereocenters. The van der Waals surface area contributed by atoms with Crippen LogP contribution in [0.15, 0.2) is 30.7 Å². The maximum atomic E-state index is 14.4. The molecule has 0 saturated carbocycles. The zero-order chi connectivity index (χ0) is 22.1. The van der Waals surface area contributed by atoms with Gasteiger partial charge in [0.1, 0.15) is 11.6 Å². The van der Waals surface area contributed by atoms with Crippen LogP contribution >= 0.6 is 11.6 Å². The Hall–Kier alpha value is -2.91. The van der Waals surface area contributed by atoms with E-state index < -0.39 is 11.6 Å². The number of halogens is 3. The molecule has 0 spiro atoms. The first kappa shape index (κ1) is 21.0. The second kappa shape index (κ2) is 8.91. The zero-order valence-corrected chi connectivity index (χ0v) is 18.1. The van der Waals surface area contributed by atoms with E-state index in [-0.39, 0.29) is 17.1 Å². The Morgan fingerprint density at radius 1 is 0.969 bits per heavy atom. The first-order chi connectivity index (χ1) is 15.6. The summed E-state index contributed by atoms with van der Waals surface area (Å²) in [7, 11) is 0. The van der Waals surface area contributed by atoms with Gasteiger partial charge in [-0.15, -0.1) is 0 Å². The lowest BCUT2D eigenvalue weighted by Gasteiger charge is -2.30. The van der Waals surface area contributed by atoms with E-state index in [4.69, 9.17) is 16.6 Å². The Bertz CT molecular complexity index is 1120. The summed E-state index contributed by atoms with van der Waals surface area (Å²) < 4.78 is 28.3. The van der Waals surface area contributed by atoms with E-state index >= 15 is 0 Å². The van der Waals surface area contributed by atoms with Gasteiger partial charge in [-0.2, -0.15) is 0 Å². The molecule has 0 radical (unpaired) electrons. The zero-order valence-electron chi connectivity index (χ0n) is 17.4. The quantitative estimate of drug-likeness (QED) is 0.603. The lowest BCUT2D eigenvalue weighted by Crippen LogP contribution is -2.44. The van der Waals surface area contributed by atoms with Gasteiger partial charge >= 0.3 is 0 Å². The van der Waals surface area contributed by atoms with E-state index in [0.29, 0.717) is 24.0 Å². The molecule has 5 rings (SSSR count). The fraction of sp³-hybridized carbons (Fsp3) is 0.364. The van der Waals surface area contributed by atoms with Gasteiger partial charge < -0.3 is 15.1 Å². The van der Waals surface area contributed by atoms with Crippen LogP contribution in [0.25, 0.3) is 11.3 Å². The highest BCUT2D eigenvalue weighted by Crippen LogP contribution is 2.31. The third kappa shape index (κ3) is 4.10. The van der Waals surface area contributed by atoms with Gasteiger partial charge in [0.25, 0.3) is 0 Å². The van der Waals surface area contributed by atoms with Crippen molar-refractivity contribution >= 4 is 23.4 Å². The normalized spacial score (nSPS) is 16.2. The number of aromatic nitrogens is 4. The van der Waals surface area contributed by atoms with Gasteiger partial charge in [-0.05, 0) is 25.0 Å². The first-order valence-electron chi connectivity index (χ1n) is 10.6. The summed E-state index contributed by atoms with van der Waals surface area (Å²) in [6.45, 7) is 4.32. The molecule has 32 heavy (non-hydrogen) atoms. The van der Waals surface area contributed by atoms with Gasteiger partial charge in [-0.25, -0.2) is 23.7 Å². The van der Waals surface area contributed by atoms with Crippen molar-refractivity contribution in [1.29, 1.82) is 0 Å². The topological polar surface area (TPSA) is 70.1 Å². The Morgan fingerprint density at radius 2 is 1.72 bits per heavy atom. The average Bonchev–Trinajstić information content (AvgIpc) is 2.85. The molecule has 1 fully saturated rings. The van der Waals surface area contributed by atoms with Gasteiger partial charge in [-0.1, -0.05) is 11.6 Å². The van der Waals surface area contributed by atoms with Crippen LogP contribution in [0.2, 0.25) is 5.02 Å². The van der Waals surface area contributed by atoms with Crippen LogP contribution in [0.3, 0.4) is 0 Å². The molecular formula is C22H22ClF2N7. The molecule has 166 valence electrons. The Labute approximate surface area is 189 Å². The molecular weight excluding hydrogens is 436 g/mol. The molecule has 0 unspecified atom stereocenters. The summed E-state index contributed by atoms with van der Waals surface area (Å²) in [6.07, 6.45) is 6.82. The number of rotatable bonds is 4. The van der Waals surface area contributed by atoms with E-state index in [0.717, 1.165) is 62.4 Å². The minimum Gasteiger partial charge on any atom is -0.351 e. The molecule has 0 aliphatic carbocycles. The summed E-state index contributed by atoms with van der Waals surface area (Å²) >= 11 is 6.05. The molecule has 2 aromatic heterocycles. The second-order valence-electron chi connectivity index (χ2n) is 7.88. The molecule has 2 aliphatic heterocycles. The molecule has 0 bridgehead atoms. The number of fused-ring (bicyclic) bond motifs is 1. The fourth-order valence-electron chi connectivity index (χ4n) is 4.06. The molecule has 2 aliphatic rings. The van der Waals surface area contributed by atoms with Crippen LogP contribution in [0.5, 0.6) is 0 Å². The van der Waals surface area contributed by atoms with Crippen molar-refractivity contribution in [3.63, 3.8) is 0 Å². The first-order valence-corrected chi connectivity index (χ1v) is 11.0. The predicted octanol–water partition coefficient (Wildman–Crippen LogP) is 3.23. The van der Waals surface area contributed by atoms with E-state index in [1.165, 1.54) is 0 Å². The predicted molar refractivity (Wildman–Crippen MR) is 119 cm³/mol. The molecule has 3 aromatic rings. The highest BCUT2D eigenvalue weighted by molar-refractivity contribution is 6.31. The molecule has 4 heterocycles. The number of nitrogens with zero attached hydrogens (tertiary/aromatic N) is 6. The number of hydrogen-bond donors (Lipinski definition) is 1. The van der Waals surface area contributed by atoms with Crippen LogP contribution in [-0.4, -0.2) is 52.7 Å². The van der Waals surface area contributed by atoms with Crippen molar-refractivity contribution in [2.45, 2.75) is 19.4 Å². The number of benzene rings is 1. The van der Waals surface area contributed by atoms with Gasteiger partial charge in [-0.3, -0.25) is 4.98 Å². The van der Waals surface area contributed by atoms with Gasteiger partial charge in [0.2, 0.25) is 5.95 Å². The SMILES string of the molecule is Fc1ccc(F)c(CN2CCCc3ncc(-c4cnc(N5CCNCC5)nc4)nc32)c1Cl. The van der Waals surface area contributed by atoms with E-state index in [1.54, 1.807) is 18.6 Å². The highest BCUT2D eigenvalue weighted by atomic mass is 35.5. The van der Waals surface area contributed by atoms with E-state index in [1.807, 2.05) is 4.90 Å². The third-order valence-electron chi connectivity index (χ3n) is 5.79. The molecule has 7 nitrogen and oxygen atoms in total. The van der Waals surface area contributed by atoms with Crippen molar-refractivity contribution in [3.8, 4) is 11.3 Å². The molecule has 0 amide bonds. The smallest absolute Gasteiger partial charge is 0.225 e. The largest absolute Gasteiger partial charge is 0.351 e. The second-order valence-corrected chi connectivity index (χ2v) is 8.26. The van der Waals surface area contributed by atoms with Crippen molar-refractivity contribution in [1.82, 2.24) is 25.3 Å².